The van der Waals surface area contributed by atoms with E-state index >= 15 is 0 Å². The molecule has 2 rings (SSSR count). The van der Waals surface area contributed by atoms with E-state index in [0.29, 0.717) is 18.4 Å². The van der Waals surface area contributed by atoms with Crippen molar-refractivity contribution in [1.29, 1.82) is 0 Å². The summed E-state index contributed by atoms with van der Waals surface area (Å²) in [6.45, 7) is 0.474. The van der Waals surface area contributed by atoms with Crippen LogP contribution in [-0.4, -0.2) is 40.4 Å². The molecule has 0 amide bonds. The van der Waals surface area contributed by atoms with Gasteiger partial charge in [0.25, 0.3) is 0 Å². The molecule has 6 heteroatoms. The van der Waals surface area contributed by atoms with Crippen LogP contribution in [0.3, 0.4) is 0 Å². The van der Waals surface area contributed by atoms with Gasteiger partial charge in [0, 0.05) is 12.6 Å². The summed E-state index contributed by atoms with van der Waals surface area (Å²) in [4.78, 5) is 16.9. The molecule has 1 aromatic rings. The molecule has 1 aliphatic carbocycles. The second kappa shape index (κ2) is 4.89. The monoisotopic (exact) mass is 256 g/mol. The molecule has 0 atom stereocenters. The Balaban J connectivity index is 2.30. The quantitative estimate of drug-likeness (QED) is 0.833. The van der Waals surface area contributed by atoms with Crippen molar-refractivity contribution >= 4 is 23.4 Å². The normalized spacial score (nSPS) is 14.7. The average Bonchev–Trinajstić information content (AvgIpc) is 3.10. The average molecular weight is 257 g/mol. The van der Waals surface area contributed by atoms with Gasteiger partial charge in [-0.2, -0.15) is 0 Å². The van der Waals surface area contributed by atoms with Crippen LogP contribution in [0.5, 0.6) is 0 Å². The third-order valence-electron chi connectivity index (χ3n) is 2.66. The van der Waals surface area contributed by atoms with Crippen LogP contribution in [0.2, 0.25) is 5.02 Å². The lowest BCUT2D eigenvalue weighted by atomic mass is 10.3. The standard InChI is InChI=1S/C11H13ClN2O3/c12-8-3-4-9(13-10(8)11(16)17)14(5-6-15)7-1-2-7/h3-4,7,15H,1-2,5-6H2,(H,16,17). The first kappa shape index (κ1) is 12.1. The van der Waals surface area contributed by atoms with Gasteiger partial charge >= 0.3 is 5.97 Å². The Kier molecular flexibility index (Phi) is 3.49. The van der Waals surface area contributed by atoms with Crippen molar-refractivity contribution in [3.8, 4) is 0 Å². The Morgan fingerprint density at radius 2 is 2.24 bits per heavy atom. The molecule has 0 unspecified atom stereocenters. The molecule has 0 bridgehead atoms. The molecule has 17 heavy (non-hydrogen) atoms. The first-order chi connectivity index (χ1) is 8.13. The third kappa shape index (κ3) is 2.68. The zero-order valence-electron chi connectivity index (χ0n) is 9.14. The van der Waals surface area contributed by atoms with Crippen LogP contribution in [-0.2, 0) is 0 Å². The maximum atomic E-state index is 10.9. The van der Waals surface area contributed by atoms with Crippen LogP contribution in [0.1, 0.15) is 23.3 Å². The lowest BCUT2D eigenvalue weighted by Gasteiger charge is -2.22. The molecule has 5 nitrogen and oxygen atoms in total. The van der Waals surface area contributed by atoms with Crippen molar-refractivity contribution in [1.82, 2.24) is 4.98 Å². The highest BCUT2D eigenvalue weighted by Gasteiger charge is 2.30. The minimum Gasteiger partial charge on any atom is -0.476 e. The number of anilines is 1. The number of carbonyl (C=O) groups is 1. The van der Waals surface area contributed by atoms with E-state index in [4.69, 9.17) is 21.8 Å². The predicted octanol–water partition coefficient (Wildman–Crippen LogP) is 1.39. The van der Waals surface area contributed by atoms with Crippen molar-refractivity contribution in [3.05, 3.63) is 22.8 Å². The largest absolute Gasteiger partial charge is 0.476 e. The van der Waals surface area contributed by atoms with Crippen LogP contribution >= 0.6 is 11.6 Å². The Hall–Kier alpha value is -1.33. The molecular weight excluding hydrogens is 244 g/mol. The summed E-state index contributed by atoms with van der Waals surface area (Å²) in [7, 11) is 0. The van der Waals surface area contributed by atoms with E-state index in [0.717, 1.165) is 12.8 Å². The van der Waals surface area contributed by atoms with Gasteiger partial charge in [-0.15, -0.1) is 0 Å². The first-order valence-electron chi connectivity index (χ1n) is 5.41. The second-order valence-corrected chi connectivity index (χ2v) is 4.36. The minimum atomic E-state index is -1.14. The van der Waals surface area contributed by atoms with Crippen molar-refractivity contribution in [2.24, 2.45) is 0 Å². The molecule has 0 radical (unpaired) electrons. The van der Waals surface area contributed by atoms with E-state index in [2.05, 4.69) is 4.98 Å². The Morgan fingerprint density at radius 3 is 2.76 bits per heavy atom. The number of hydrogen-bond acceptors (Lipinski definition) is 4. The smallest absolute Gasteiger partial charge is 0.356 e. The fraction of sp³-hybridized carbons (Fsp3) is 0.455. The zero-order chi connectivity index (χ0) is 12.4. The number of aliphatic hydroxyl groups excluding tert-OH is 1. The van der Waals surface area contributed by atoms with Crippen LogP contribution < -0.4 is 4.90 Å². The summed E-state index contributed by atoms with van der Waals surface area (Å²) in [6.07, 6.45) is 2.10. The maximum Gasteiger partial charge on any atom is 0.356 e. The van der Waals surface area contributed by atoms with Crippen LogP contribution in [0.25, 0.3) is 0 Å². The number of rotatable bonds is 5. The molecule has 1 aromatic heterocycles. The number of nitrogens with zero attached hydrogens (tertiary/aromatic N) is 2. The molecule has 0 saturated heterocycles. The third-order valence-corrected chi connectivity index (χ3v) is 2.96. The molecule has 1 saturated carbocycles. The van der Waals surface area contributed by atoms with Gasteiger partial charge in [-0.25, -0.2) is 9.78 Å². The summed E-state index contributed by atoms with van der Waals surface area (Å²) in [5, 5.41) is 18.1. The fourth-order valence-electron chi connectivity index (χ4n) is 1.72. The number of aromatic nitrogens is 1. The van der Waals surface area contributed by atoms with Crippen LogP contribution in [0.4, 0.5) is 5.82 Å². The van der Waals surface area contributed by atoms with E-state index < -0.39 is 5.97 Å². The van der Waals surface area contributed by atoms with Crippen LogP contribution in [0.15, 0.2) is 12.1 Å². The summed E-state index contributed by atoms with van der Waals surface area (Å²) < 4.78 is 0. The molecule has 0 spiro atoms. The van der Waals surface area contributed by atoms with Gasteiger partial charge in [0.15, 0.2) is 5.69 Å². The molecule has 1 fully saturated rings. The molecular formula is C11H13ClN2O3. The van der Waals surface area contributed by atoms with Gasteiger partial charge < -0.3 is 15.1 Å². The van der Waals surface area contributed by atoms with Gasteiger partial charge in [0.1, 0.15) is 5.82 Å². The van der Waals surface area contributed by atoms with Gasteiger partial charge in [0.05, 0.1) is 11.6 Å². The number of aliphatic hydroxyl groups is 1. The van der Waals surface area contributed by atoms with E-state index in [1.807, 2.05) is 4.90 Å². The summed E-state index contributed by atoms with van der Waals surface area (Å²) >= 11 is 5.76. The Labute approximate surface area is 104 Å². The van der Waals surface area contributed by atoms with E-state index in [1.54, 1.807) is 6.07 Å². The first-order valence-corrected chi connectivity index (χ1v) is 5.78. The lowest BCUT2D eigenvalue weighted by molar-refractivity contribution is 0.0691. The zero-order valence-corrected chi connectivity index (χ0v) is 9.89. The van der Waals surface area contributed by atoms with Crippen LogP contribution in [0, 0.1) is 0 Å². The minimum absolute atomic E-state index is 0.0171. The van der Waals surface area contributed by atoms with E-state index in [-0.39, 0.29) is 17.3 Å². The predicted molar refractivity (Wildman–Crippen MR) is 63.7 cm³/mol. The molecule has 0 aromatic carbocycles. The number of hydrogen-bond donors (Lipinski definition) is 2. The molecule has 1 aliphatic rings. The number of carboxylic acids is 1. The fourth-order valence-corrected chi connectivity index (χ4v) is 1.91. The van der Waals surface area contributed by atoms with Crippen molar-refractivity contribution in [2.45, 2.75) is 18.9 Å². The van der Waals surface area contributed by atoms with E-state index in [9.17, 15) is 4.79 Å². The number of halogens is 1. The highest BCUT2D eigenvalue weighted by Crippen LogP contribution is 2.31. The molecule has 0 aliphatic heterocycles. The van der Waals surface area contributed by atoms with E-state index in [1.165, 1.54) is 6.07 Å². The molecule has 92 valence electrons. The van der Waals surface area contributed by atoms with Crippen molar-refractivity contribution in [3.63, 3.8) is 0 Å². The number of pyridine rings is 1. The van der Waals surface area contributed by atoms with Gasteiger partial charge in [-0.05, 0) is 25.0 Å². The molecule has 2 N–H and O–H groups in total. The SMILES string of the molecule is O=C(O)c1nc(N(CCO)C2CC2)ccc1Cl. The molecule has 1 heterocycles. The highest BCUT2D eigenvalue weighted by atomic mass is 35.5. The maximum absolute atomic E-state index is 10.9. The Bertz CT molecular complexity index is 435. The van der Waals surface area contributed by atoms with Gasteiger partial charge in [0.2, 0.25) is 0 Å². The van der Waals surface area contributed by atoms with Crippen molar-refractivity contribution in [2.75, 3.05) is 18.1 Å². The summed E-state index contributed by atoms with van der Waals surface area (Å²) in [5.74, 6) is -0.583. The van der Waals surface area contributed by atoms with Gasteiger partial charge in [-0.1, -0.05) is 11.6 Å². The Morgan fingerprint density at radius 1 is 1.53 bits per heavy atom. The van der Waals surface area contributed by atoms with Crippen molar-refractivity contribution < 1.29 is 15.0 Å². The number of carboxylic acid groups (broad SMARTS) is 1. The topological polar surface area (TPSA) is 73.7 Å². The summed E-state index contributed by atoms with van der Waals surface area (Å²) in [6, 6.07) is 3.57. The number of aromatic carboxylic acids is 1. The van der Waals surface area contributed by atoms with Gasteiger partial charge in [-0.3, -0.25) is 0 Å². The second-order valence-electron chi connectivity index (χ2n) is 3.95. The highest BCUT2D eigenvalue weighted by molar-refractivity contribution is 6.33. The summed E-state index contributed by atoms with van der Waals surface area (Å²) in [5.41, 5.74) is -0.146. The lowest BCUT2D eigenvalue weighted by Crippen LogP contribution is -2.30.